The van der Waals surface area contributed by atoms with Gasteiger partial charge in [-0.15, -0.1) is 0 Å². The Morgan fingerprint density at radius 2 is 1.45 bits per heavy atom. The molecular formula is C29H29BrN2O6. The normalized spacial score (nSPS) is 22.9. The Bertz CT molecular complexity index is 1360. The number of anilines is 2. The van der Waals surface area contributed by atoms with Crippen LogP contribution >= 0.6 is 15.9 Å². The average Bonchev–Trinajstić information content (AvgIpc) is 2.88. The van der Waals surface area contributed by atoms with Crippen molar-refractivity contribution in [3.05, 3.63) is 82.8 Å². The van der Waals surface area contributed by atoms with E-state index in [0.29, 0.717) is 32.9 Å². The van der Waals surface area contributed by atoms with E-state index in [1.165, 1.54) is 21.1 Å². The van der Waals surface area contributed by atoms with E-state index in [4.69, 9.17) is 9.47 Å². The van der Waals surface area contributed by atoms with E-state index in [1.54, 1.807) is 72.8 Å². The molecule has 1 saturated carbocycles. The maximum atomic E-state index is 13.9. The molecule has 0 aliphatic heterocycles. The number of Topliss-reactive ketones (excluding diaryl/α,β-unsaturated/α-hetero) is 1. The Labute approximate surface area is 229 Å². The number of hydrogen-bond acceptors (Lipinski definition) is 6. The first-order chi connectivity index (χ1) is 18.2. The van der Waals surface area contributed by atoms with Gasteiger partial charge in [0.25, 0.3) is 0 Å². The summed E-state index contributed by atoms with van der Waals surface area (Å²) in [4.78, 5) is 41.0. The first-order valence-electron chi connectivity index (χ1n) is 12.0. The molecule has 2 amide bonds. The summed E-state index contributed by atoms with van der Waals surface area (Å²) in [5.41, 5.74) is -0.353. The lowest BCUT2D eigenvalue weighted by Gasteiger charge is -2.44. The Balaban J connectivity index is 1.79. The van der Waals surface area contributed by atoms with Crippen LogP contribution in [0.25, 0.3) is 0 Å². The van der Waals surface area contributed by atoms with E-state index in [9.17, 15) is 19.5 Å². The zero-order chi connectivity index (χ0) is 27.4. The SMILES string of the molecule is COc1ccccc1NC(=O)C1C(=O)CC(C)(O)C(C(=O)Nc2ccccc2OC)C1c1cccc(Br)c1. The van der Waals surface area contributed by atoms with Crippen LogP contribution in [0.3, 0.4) is 0 Å². The number of hydrogen-bond donors (Lipinski definition) is 3. The number of benzene rings is 3. The molecule has 1 aliphatic carbocycles. The Hall–Kier alpha value is -3.69. The van der Waals surface area contributed by atoms with Gasteiger partial charge >= 0.3 is 0 Å². The summed E-state index contributed by atoms with van der Waals surface area (Å²) < 4.78 is 11.4. The lowest BCUT2D eigenvalue weighted by atomic mass is 9.61. The molecule has 3 aromatic carbocycles. The molecule has 0 bridgehead atoms. The number of carbonyl (C=O) groups is 3. The first kappa shape index (κ1) is 27.3. The van der Waals surface area contributed by atoms with Crippen molar-refractivity contribution < 1.29 is 29.0 Å². The topological polar surface area (TPSA) is 114 Å². The number of rotatable bonds is 7. The molecule has 1 fully saturated rings. The Morgan fingerprint density at radius 3 is 2.00 bits per heavy atom. The van der Waals surface area contributed by atoms with Gasteiger partial charge in [-0.3, -0.25) is 14.4 Å². The minimum absolute atomic E-state index is 0.370. The molecule has 0 aromatic heterocycles. The van der Waals surface area contributed by atoms with Crippen molar-refractivity contribution in [2.45, 2.75) is 24.9 Å². The van der Waals surface area contributed by atoms with Gasteiger partial charge in [-0.05, 0) is 48.9 Å². The van der Waals surface area contributed by atoms with Crippen LogP contribution in [0.1, 0.15) is 24.8 Å². The molecule has 8 nitrogen and oxygen atoms in total. The predicted octanol–water partition coefficient (Wildman–Crippen LogP) is 4.78. The van der Waals surface area contributed by atoms with Crippen LogP contribution in [0.4, 0.5) is 11.4 Å². The Kier molecular flexibility index (Phi) is 8.18. The van der Waals surface area contributed by atoms with Gasteiger partial charge in [-0.25, -0.2) is 0 Å². The molecule has 0 radical (unpaired) electrons. The molecule has 4 atom stereocenters. The van der Waals surface area contributed by atoms with E-state index in [1.807, 2.05) is 0 Å². The summed E-state index contributed by atoms with van der Waals surface area (Å²) in [7, 11) is 2.97. The number of para-hydroxylation sites is 4. The molecule has 38 heavy (non-hydrogen) atoms. The second-order valence-electron chi connectivity index (χ2n) is 9.42. The van der Waals surface area contributed by atoms with Gasteiger partial charge in [-0.2, -0.15) is 0 Å². The standard InChI is InChI=1S/C29H29BrN2O6/c1-29(36)16-21(33)25(27(34)31-19-11-4-6-13-22(19)37-2)24(17-9-8-10-18(30)15-17)26(29)28(35)32-20-12-5-7-14-23(20)38-3/h4-15,24-26,36H,16H2,1-3H3,(H,31,34)(H,32,35). The van der Waals surface area contributed by atoms with E-state index in [2.05, 4.69) is 26.6 Å². The highest BCUT2D eigenvalue weighted by Crippen LogP contribution is 2.47. The number of nitrogens with one attached hydrogen (secondary N) is 2. The summed E-state index contributed by atoms with van der Waals surface area (Å²) in [6, 6.07) is 20.8. The number of ether oxygens (including phenoxy) is 2. The quantitative estimate of drug-likeness (QED) is 0.346. The van der Waals surface area contributed by atoms with Gasteiger partial charge in [0.05, 0.1) is 37.1 Å². The summed E-state index contributed by atoms with van der Waals surface area (Å²) in [6.45, 7) is 1.46. The van der Waals surface area contributed by atoms with E-state index in [0.717, 1.165) is 0 Å². The molecule has 3 aromatic rings. The minimum atomic E-state index is -1.72. The summed E-state index contributed by atoms with van der Waals surface area (Å²) in [5.74, 6) is -4.07. The average molecular weight is 581 g/mol. The molecule has 0 heterocycles. The third kappa shape index (κ3) is 5.58. The molecule has 9 heteroatoms. The fourth-order valence-corrected chi connectivity index (χ4v) is 5.54. The highest BCUT2D eigenvalue weighted by molar-refractivity contribution is 9.10. The predicted molar refractivity (Wildman–Crippen MR) is 147 cm³/mol. The molecular weight excluding hydrogens is 552 g/mol. The first-order valence-corrected chi connectivity index (χ1v) is 12.8. The van der Waals surface area contributed by atoms with Crippen molar-refractivity contribution >= 4 is 44.9 Å². The van der Waals surface area contributed by atoms with Crippen LogP contribution in [0.2, 0.25) is 0 Å². The molecule has 0 spiro atoms. The molecule has 4 unspecified atom stereocenters. The van der Waals surface area contributed by atoms with Crippen LogP contribution in [-0.4, -0.2) is 42.5 Å². The molecule has 4 rings (SSSR count). The van der Waals surface area contributed by atoms with Crippen LogP contribution in [0.5, 0.6) is 11.5 Å². The second kappa shape index (κ2) is 11.4. The zero-order valence-electron chi connectivity index (χ0n) is 21.2. The van der Waals surface area contributed by atoms with Gasteiger partial charge in [-0.1, -0.05) is 52.3 Å². The fraction of sp³-hybridized carbons (Fsp3) is 0.276. The fourth-order valence-electron chi connectivity index (χ4n) is 5.12. The smallest absolute Gasteiger partial charge is 0.235 e. The number of methoxy groups -OCH3 is 2. The largest absolute Gasteiger partial charge is 0.495 e. The van der Waals surface area contributed by atoms with Crippen molar-refractivity contribution in [1.29, 1.82) is 0 Å². The molecule has 198 valence electrons. The van der Waals surface area contributed by atoms with Crippen LogP contribution in [0, 0.1) is 11.8 Å². The highest BCUT2D eigenvalue weighted by atomic mass is 79.9. The van der Waals surface area contributed by atoms with E-state index >= 15 is 0 Å². The summed E-state index contributed by atoms with van der Waals surface area (Å²) in [5, 5.41) is 17.1. The maximum absolute atomic E-state index is 13.9. The number of amides is 2. The van der Waals surface area contributed by atoms with Crippen LogP contribution < -0.4 is 20.1 Å². The Morgan fingerprint density at radius 1 is 0.895 bits per heavy atom. The minimum Gasteiger partial charge on any atom is -0.495 e. The van der Waals surface area contributed by atoms with Gasteiger partial charge in [0.1, 0.15) is 23.2 Å². The van der Waals surface area contributed by atoms with Crippen LogP contribution in [0.15, 0.2) is 77.3 Å². The number of aliphatic hydroxyl groups is 1. The summed E-state index contributed by atoms with van der Waals surface area (Å²) in [6.07, 6.45) is -0.370. The van der Waals surface area contributed by atoms with E-state index < -0.39 is 41.0 Å². The third-order valence-electron chi connectivity index (χ3n) is 6.80. The van der Waals surface area contributed by atoms with Crippen molar-refractivity contribution in [2.75, 3.05) is 24.9 Å². The maximum Gasteiger partial charge on any atom is 0.235 e. The molecule has 0 saturated heterocycles. The number of ketones is 1. The third-order valence-corrected chi connectivity index (χ3v) is 7.29. The monoisotopic (exact) mass is 580 g/mol. The van der Waals surface area contributed by atoms with Crippen molar-refractivity contribution in [2.24, 2.45) is 11.8 Å². The molecule has 1 aliphatic rings. The summed E-state index contributed by atoms with van der Waals surface area (Å²) >= 11 is 3.45. The van der Waals surface area contributed by atoms with Gasteiger partial charge in [0.2, 0.25) is 11.8 Å². The van der Waals surface area contributed by atoms with E-state index in [-0.39, 0.29) is 6.42 Å². The second-order valence-corrected chi connectivity index (χ2v) is 10.3. The van der Waals surface area contributed by atoms with Gasteiger partial charge in [0.15, 0.2) is 0 Å². The van der Waals surface area contributed by atoms with Crippen LogP contribution in [-0.2, 0) is 14.4 Å². The molecule has 3 N–H and O–H groups in total. The zero-order valence-corrected chi connectivity index (χ0v) is 22.8. The highest BCUT2D eigenvalue weighted by Gasteiger charge is 2.56. The van der Waals surface area contributed by atoms with Crippen molar-refractivity contribution in [3.8, 4) is 11.5 Å². The lowest BCUT2D eigenvalue weighted by molar-refractivity contribution is -0.150. The van der Waals surface area contributed by atoms with Gasteiger partial charge in [0, 0.05) is 16.8 Å². The van der Waals surface area contributed by atoms with Gasteiger partial charge < -0.3 is 25.2 Å². The lowest BCUT2D eigenvalue weighted by Crippen LogP contribution is -2.56. The number of halogens is 1. The number of carbonyl (C=O) groups excluding carboxylic acids is 3. The van der Waals surface area contributed by atoms with Crippen molar-refractivity contribution in [3.63, 3.8) is 0 Å². The van der Waals surface area contributed by atoms with Crippen molar-refractivity contribution in [1.82, 2.24) is 0 Å².